The van der Waals surface area contributed by atoms with Gasteiger partial charge in [-0.15, -0.1) is 10.2 Å². The molecule has 9 nitrogen and oxygen atoms in total. The summed E-state index contributed by atoms with van der Waals surface area (Å²) in [4.78, 5) is 28.7. The minimum atomic E-state index is -0.133. The van der Waals surface area contributed by atoms with Crippen LogP contribution in [0.4, 0.5) is 17.3 Å². The number of rotatable bonds is 4. The zero-order valence-corrected chi connectivity index (χ0v) is 15.5. The van der Waals surface area contributed by atoms with Crippen molar-refractivity contribution in [3.63, 3.8) is 0 Å². The van der Waals surface area contributed by atoms with E-state index in [9.17, 15) is 4.79 Å². The molecule has 9 heteroatoms. The molecule has 4 rings (SSSR count). The molecule has 1 N–H and O–H groups in total. The number of piperazine rings is 1. The van der Waals surface area contributed by atoms with E-state index >= 15 is 0 Å². The summed E-state index contributed by atoms with van der Waals surface area (Å²) < 4.78 is 0. The Morgan fingerprint density at radius 3 is 2.43 bits per heavy atom. The number of nitrogens with zero attached hydrogens (tertiary/aromatic N) is 7. The Morgan fingerprint density at radius 1 is 0.964 bits per heavy atom. The first-order valence-corrected chi connectivity index (χ1v) is 9.04. The van der Waals surface area contributed by atoms with Gasteiger partial charge < -0.3 is 15.1 Å². The molecule has 0 radical (unpaired) electrons. The van der Waals surface area contributed by atoms with E-state index in [0.717, 1.165) is 17.2 Å². The molecule has 0 aliphatic carbocycles. The lowest BCUT2D eigenvalue weighted by Crippen LogP contribution is -2.49. The van der Waals surface area contributed by atoms with E-state index in [0.29, 0.717) is 32.0 Å². The predicted octanol–water partition coefficient (Wildman–Crippen LogP) is 1.68. The molecule has 4 heterocycles. The Kier molecular flexibility index (Phi) is 5.05. The van der Waals surface area contributed by atoms with Gasteiger partial charge >= 0.3 is 0 Å². The number of hydrogen-bond donors (Lipinski definition) is 1. The van der Waals surface area contributed by atoms with Crippen LogP contribution in [0.1, 0.15) is 16.3 Å². The molecule has 1 saturated heterocycles. The van der Waals surface area contributed by atoms with E-state index in [4.69, 9.17) is 0 Å². The molecule has 3 aromatic heterocycles. The maximum absolute atomic E-state index is 12.6. The summed E-state index contributed by atoms with van der Waals surface area (Å²) in [5.74, 6) is 1.57. The molecule has 0 bridgehead atoms. The fourth-order valence-corrected chi connectivity index (χ4v) is 2.98. The second kappa shape index (κ2) is 7.95. The Morgan fingerprint density at radius 2 is 1.75 bits per heavy atom. The number of pyridine rings is 1. The molecule has 0 spiro atoms. The minimum Gasteiger partial charge on any atom is -0.352 e. The highest BCUT2D eigenvalue weighted by molar-refractivity contribution is 5.90. The Balaban J connectivity index is 1.35. The van der Waals surface area contributed by atoms with Gasteiger partial charge in [0.05, 0.1) is 0 Å². The van der Waals surface area contributed by atoms with Gasteiger partial charge in [-0.2, -0.15) is 0 Å². The zero-order valence-electron chi connectivity index (χ0n) is 15.5. The van der Waals surface area contributed by atoms with E-state index in [1.165, 1.54) is 0 Å². The van der Waals surface area contributed by atoms with Crippen LogP contribution < -0.4 is 10.2 Å². The number of amides is 1. The maximum atomic E-state index is 12.6. The summed E-state index contributed by atoms with van der Waals surface area (Å²) in [5, 5.41) is 11.7. The van der Waals surface area contributed by atoms with Gasteiger partial charge in [0.2, 0.25) is 5.82 Å². The highest BCUT2D eigenvalue weighted by atomic mass is 16.2. The molecule has 0 unspecified atom stereocenters. The molecule has 0 atom stereocenters. The van der Waals surface area contributed by atoms with Crippen molar-refractivity contribution in [1.29, 1.82) is 0 Å². The first-order chi connectivity index (χ1) is 13.7. The molecular weight excluding hydrogens is 356 g/mol. The maximum Gasteiger partial charge on any atom is 0.291 e. The monoisotopic (exact) mass is 376 g/mol. The number of carbonyl (C=O) groups is 1. The topological polar surface area (TPSA) is 100 Å². The summed E-state index contributed by atoms with van der Waals surface area (Å²) in [7, 11) is 0. The van der Waals surface area contributed by atoms with Gasteiger partial charge in [-0.05, 0) is 37.3 Å². The number of carbonyl (C=O) groups excluding carboxylic acids is 1. The Hall–Kier alpha value is -3.62. The van der Waals surface area contributed by atoms with Gasteiger partial charge in [0.1, 0.15) is 0 Å². The van der Waals surface area contributed by atoms with Crippen LogP contribution in [0, 0.1) is 6.92 Å². The van der Waals surface area contributed by atoms with Crippen LogP contribution in [-0.2, 0) is 0 Å². The normalized spacial score (nSPS) is 14.0. The fraction of sp³-hybridized carbons (Fsp3) is 0.263. The molecular formula is C19H20N8O. The van der Waals surface area contributed by atoms with Crippen molar-refractivity contribution in [2.24, 2.45) is 0 Å². The highest BCUT2D eigenvalue weighted by Crippen LogP contribution is 2.17. The molecule has 28 heavy (non-hydrogen) atoms. The molecule has 1 aliphatic rings. The van der Waals surface area contributed by atoms with Crippen molar-refractivity contribution < 1.29 is 4.79 Å². The standard InChI is InChI=1S/C19H20N8O/c1-14-4-9-21-18(22-14)19(28)27-12-10-26(11-13-27)17-3-2-16(24-25-17)23-15-5-7-20-8-6-15/h2-9H,10-13H2,1H3,(H,20,23,24). The van der Waals surface area contributed by atoms with Crippen LogP contribution in [0.2, 0.25) is 0 Å². The smallest absolute Gasteiger partial charge is 0.291 e. The van der Waals surface area contributed by atoms with Crippen LogP contribution in [0.25, 0.3) is 0 Å². The average Bonchev–Trinajstić information content (AvgIpc) is 2.75. The van der Waals surface area contributed by atoms with Crippen LogP contribution in [0.5, 0.6) is 0 Å². The third-order valence-corrected chi connectivity index (χ3v) is 4.48. The lowest BCUT2D eigenvalue weighted by Gasteiger charge is -2.34. The van der Waals surface area contributed by atoms with Crippen LogP contribution >= 0.6 is 0 Å². The number of aryl methyl sites for hydroxylation is 1. The first kappa shape index (κ1) is 17.8. The third kappa shape index (κ3) is 4.03. The zero-order chi connectivity index (χ0) is 19.3. The van der Waals surface area contributed by atoms with E-state index in [2.05, 4.69) is 35.4 Å². The summed E-state index contributed by atoms with van der Waals surface area (Å²) in [6.07, 6.45) is 5.04. The Bertz CT molecular complexity index is 940. The largest absolute Gasteiger partial charge is 0.352 e. The predicted molar refractivity (Wildman–Crippen MR) is 104 cm³/mol. The van der Waals surface area contributed by atoms with Crippen molar-refractivity contribution >= 4 is 23.2 Å². The minimum absolute atomic E-state index is 0.133. The van der Waals surface area contributed by atoms with E-state index in [-0.39, 0.29) is 11.7 Å². The summed E-state index contributed by atoms with van der Waals surface area (Å²) in [6, 6.07) is 9.33. The van der Waals surface area contributed by atoms with Crippen molar-refractivity contribution in [2.75, 3.05) is 36.4 Å². The van der Waals surface area contributed by atoms with Gasteiger partial charge in [-0.3, -0.25) is 9.78 Å². The molecule has 0 aromatic carbocycles. The van der Waals surface area contributed by atoms with Crippen LogP contribution in [-0.4, -0.2) is 62.1 Å². The lowest BCUT2D eigenvalue weighted by molar-refractivity contribution is 0.0733. The molecule has 1 amide bonds. The van der Waals surface area contributed by atoms with E-state index in [1.54, 1.807) is 29.6 Å². The van der Waals surface area contributed by atoms with Gasteiger partial charge in [0, 0.05) is 56.2 Å². The molecule has 1 fully saturated rings. The quantitative estimate of drug-likeness (QED) is 0.734. The van der Waals surface area contributed by atoms with Crippen molar-refractivity contribution in [2.45, 2.75) is 6.92 Å². The van der Waals surface area contributed by atoms with Crippen LogP contribution in [0.3, 0.4) is 0 Å². The fourth-order valence-electron chi connectivity index (χ4n) is 2.98. The number of nitrogens with one attached hydrogen (secondary N) is 1. The third-order valence-electron chi connectivity index (χ3n) is 4.48. The van der Waals surface area contributed by atoms with Crippen molar-refractivity contribution in [1.82, 2.24) is 30.0 Å². The average molecular weight is 376 g/mol. The Labute approximate surface area is 162 Å². The second-order valence-electron chi connectivity index (χ2n) is 6.44. The van der Waals surface area contributed by atoms with Gasteiger partial charge in [0.15, 0.2) is 11.6 Å². The molecule has 142 valence electrons. The SMILES string of the molecule is Cc1ccnc(C(=O)N2CCN(c3ccc(Nc4ccncc4)nn3)CC2)n1. The molecule has 0 saturated carbocycles. The lowest BCUT2D eigenvalue weighted by atomic mass is 10.3. The second-order valence-corrected chi connectivity index (χ2v) is 6.44. The number of hydrogen-bond acceptors (Lipinski definition) is 8. The highest BCUT2D eigenvalue weighted by Gasteiger charge is 2.24. The van der Waals surface area contributed by atoms with Crippen molar-refractivity contribution in [3.8, 4) is 0 Å². The number of anilines is 3. The van der Waals surface area contributed by atoms with Gasteiger partial charge in [0.25, 0.3) is 5.91 Å². The van der Waals surface area contributed by atoms with Gasteiger partial charge in [-0.25, -0.2) is 9.97 Å². The van der Waals surface area contributed by atoms with Crippen molar-refractivity contribution in [3.05, 3.63) is 60.4 Å². The summed E-state index contributed by atoms with van der Waals surface area (Å²) in [6.45, 7) is 4.40. The first-order valence-electron chi connectivity index (χ1n) is 9.04. The molecule has 3 aromatic rings. The summed E-state index contributed by atoms with van der Waals surface area (Å²) in [5.41, 5.74) is 1.69. The van der Waals surface area contributed by atoms with E-state index in [1.807, 2.05) is 31.2 Å². The molecule has 1 aliphatic heterocycles. The van der Waals surface area contributed by atoms with Gasteiger partial charge in [-0.1, -0.05) is 0 Å². The number of aromatic nitrogens is 5. The summed E-state index contributed by atoms with van der Waals surface area (Å²) >= 11 is 0. The van der Waals surface area contributed by atoms with Crippen LogP contribution in [0.15, 0.2) is 48.9 Å². The van der Waals surface area contributed by atoms with E-state index < -0.39 is 0 Å².